The van der Waals surface area contributed by atoms with Crippen LogP contribution < -0.4 is 5.32 Å². The number of benzene rings is 2. The molecule has 0 atom stereocenters. The molecule has 0 unspecified atom stereocenters. The number of fused-ring (bicyclic) bond motifs is 1. The van der Waals surface area contributed by atoms with Gasteiger partial charge in [-0.25, -0.2) is 0 Å². The number of aromatic nitrogens is 1. The Kier molecular flexibility index (Phi) is 3.36. The van der Waals surface area contributed by atoms with Crippen LogP contribution in [-0.4, -0.2) is 10.9 Å². The molecule has 0 saturated carbocycles. The highest BCUT2D eigenvalue weighted by molar-refractivity contribution is 6.06. The number of carbonyl (C=O) groups excluding carboxylic acids is 1. The van der Waals surface area contributed by atoms with Crippen LogP contribution in [0, 0.1) is 0 Å². The Bertz CT molecular complexity index is 837. The van der Waals surface area contributed by atoms with E-state index in [1.54, 1.807) is 24.4 Å². The molecule has 6 heteroatoms. The lowest BCUT2D eigenvalue weighted by atomic mass is 10.1. The molecule has 0 bridgehead atoms. The summed E-state index contributed by atoms with van der Waals surface area (Å²) in [7, 11) is 0. The van der Waals surface area contributed by atoms with Crippen LogP contribution in [-0.2, 0) is 6.18 Å². The number of anilines is 1. The van der Waals surface area contributed by atoms with Crippen LogP contribution in [0.15, 0.2) is 54.7 Å². The summed E-state index contributed by atoms with van der Waals surface area (Å²) in [6, 6.07) is 11.6. The van der Waals surface area contributed by atoms with E-state index in [1.807, 2.05) is 6.07 Å². The van der Waals surface area contributed by atoms with Crippen LogP contribution in [0.4, 0.5) is 18.9 Å². The summed E-state index contributed by atoms with van der Waals surface area (Å²) in [5.74, 6) is -0.590. The Morgan fingerprint density at radius 2 is 1.82 bits per heavy atom. The molecule has 2 N–H and O–H groups in total. The van der Waals surface area contributed by atoms with E-state index >= 15 is 0 Å². The maximum atomic E-state index is 12.9. The second kappa shape index (κ2) is 5.22. The van der Waals surface area contributed by atoms with Crippen LogP contribution in [0.5, 0.6) is 0 Å². The summed E-state index contributed by atoms with van der Waals surface area (Å²) in [4.78, 5) is 15.1. The number of para-hydroxylation sites is 1. The molecule has 0 fully saturated rings. The summed E-state index contributed by atoms with van der Waals surface area (Å²) >= 11 is 0. The third-order valence-corrected chi connectivity index (χ3v) is 3.30. The normalized spacial score (nSPS) is 11.6. The van der Waals surface area contributed by atoms with Gasteiger partial charge in [0, 0.05) is 17.3 Å². The van der Waals surface area contributed by atoms with Gasteiger partial charge in [-0.1, -0.05) is 18.2 Å². The van der Waals surface area contributed by atoms with Gasteiger partial charge in [0.15, 0.2) is 0 Å². The quantitative estimate of drug-likeness (QED) is 0.722. The molecular weight excluding hydrogens is 293 g/mol. The van der Waals surface area contributed by atoms with Crippen molar-refractivity contribution in [1.29, 1.82) is 0 Å². The maximum absolute atomic E-state index is 12.9. The topological polar surface area (TPSA) is 44.9 Å². The zero-order valence-corrected chi connectivity index (χ0v) is 11.2. The van der Waals surface area contributed by atoms with Crippen molar-refractivity contribution in [2.45, 2.75) is 6.18 Å². The number of hydrogen-bond donors (Lipinski definition) is 2. The van der Waals surface area contributed by atoms with Crippen molar-refractivity contribution in [2.24, 2.45) is 0 Å². The second-order valence-electron chi connectivity index (χ2n) is 4.78. The third-order valence-electron chi connectivity index (χ3n) is 3.30. The van der Waals surface area contributed by atoms with Gasteiger partial charge in [0.1, 0.15) is 0 Å². The SMILES string of the molecule is O=C(Nc1ccccc1C(F)(F)F)c1ccc2cc[nH]c2c1. The van der Waals surface area contributed by atoms with Crippen molar-refractivity contribution in [3.63, 3.8) is 0 Å². The van der Waals surface area contributed by atoms with Crippen molar-refractivity contribution in [2.75, 3.05) is 5.32 Å². The fraction of sp³-hybridized carbons (Fsp3) is 0.0625. The molecule has 3 rings (SSSR count). The van der Waals surface area contributed by atoms with Crippen LogP contribution >= 0.6 is 0 Å². The third kappa shape index (κ3) is 2.67. The predicted octanol–water partition coefficient (Wildman–Crippen LogP) is 4.44. The van der Waals surface area contributed by atoms with Gasteiger partial charge in [0.2, 0.25) is 0 Å². The van der Waals surface area contributed by atoms with Crippen molar-refractivity contribution < 1.29 is 18.0 Å². The summed E-state index contributed by atoms with van der Waals surface area (Å²) in [6.45, 7) is 0. The highest BCUT2D eigenvalue weighted by Gasteiger charge is 2.33. The first kappa shape index (κ1) is 14.2. The molecule has 0 aliphatic heterocycles. The van der Waals surface area contributed by atoms with Gasteiger partial charge < -0.3 is 10.3 Å². The summed E-state index contributed by atoms with van der Waals surface area (Å²) < 4.78 is 38.7. The number of carbonyl (C=O) groups is 1. The number of amides is 1. The lowest BCUT2D eigenvalue weighted by Gasteiger charge is -2.13. The van der Waals surface area contributed by atoms with Crippen molar-refractivity contribution in [3.05, 3.63) is 65.9 Å². The monoisotopic (exact) mass is 304 g/mol. The zero-order chi connectivity index (χ0) is 15.7. The summed E-state index contributed by atoms with van der Waals surface area (Å²) in [6.07, 6.45) is -2.79. The number of H-pyrrole nitrogens is 1. The van der Waals surface area contributed by atoms with Gasteiger partial charge in [-0.05, 0) is 35.7 Å². The largest absolute Gasteiger partial charge is 0.418 e. The molecule has 1 aromatic heterocycles. The minimum Gasteiger partial charge on any atom is -0.361 e. The standard InChI is InChI=1S/C16H11F3N2O/c17-16(18,19)12-3-1-2-4-13(12)21-15(22)11-6-5-10-7-8-20-14(10)9-11/h1-9,20H,(H,21,22). The molecular formula is C16H11F3N2O. The van der Waals surface area contributed by atoms with Crippen molar-refractivity contribution in [3.8, 4) is 0 Å². The van der Waals surface area contributed by atoms with Gasteiger partial charge in [0.25, 0.3) is 5.91 Å². The second-order valence-corrected chi connectivity index (χ2v) is 4.78. The van der Waals surface area contributed by atoms with Crippen LogP contribution in [0.1, 0.15) is 15.9 Å². The first-order valence-electron chi connectivity index (χ1n) is 6.50. The van der Waals surface area contributed by atoms with Crippen molar-refractivity contribution in [1.82, 2.24) is 4.98 Å². The van der Waals surface area contributed by atoms with Gasteiger partial charge >= 0.3 is 6.18 Å². The molecule has 112 valence electrons. The maximum Gasteiger partial charge on any atom is 0.418 e. The van der Waals surface area contributed by atoms with Gasteiger partial charge in [-0.3, -0.25) is 4.79 Å². The van der Waals surface area contributed by atoms with Gasteiger partial charge in [0.05, 0.1) is 11.3 Å². The molecule has 0 saturated heterocycles. The molecule has 0 spiro atoms. The lowest BCUT2D eigenvalue weighted by molar-refractivity contribution is -0.136. The summed E-state index contributed by atoms with van der Waals surface area (Å²) in [5.41, 5.74) is -0.0976. The number of halogens is 3. The van der Waals surface area contributed by atoms with Gasteiger partial charge in [-0.15, -0.1) is 0 Å². The molecule has 0 radical (unpaired) electrons. The van der Waals surface area contributed by atoms with E-state index < -0.39 is 17.6 Å². The number of alkyl halides is 3. The number of rotatable bonds is 2. The molecule has 3 aromatic rings. The van der Waals surface area contributed by atoms with Crippen molar-refractivity contribution >= 4 is 22.5 Å². The Hall–Kier alpha value is -2.76. The molecule has 3 nitrogen and oxygen atoms in total. The molecule has 0 aliphatic rings. The Morgan fingerprint density at radius 1 is 1.05 bits per heavy atom. The first-order valence-corrected chi connectivity index (χ1v) is 6.50. The molecule has 2 aromatic carbocycles. The van der Waals surface area contributed by atoms with E-state index in [0.717, 1.165) is 17.0 Å². The minimum atomic E-state index is -4.52. The number of aromatic amines is 1. The fourth-order valence-corrected chi connectivity index (χ4v) is 2.22. The Morgan fingerprint density at radius 3 is 2.59 bits per heavy atom. The van der Waals surface area contributed by atoms with E-state index in [2.05, 4.69) is 10.3 Å². The minimum absolute atomic E-state index is 0.258. The Balaban J connectivity index is 1.91. The van der Waals surface area contributed by atoms with Crippen LogP contribution in [0.3, 0.4) is 0 Å². The fourth-order valence-electron chi connectivity index (χ4n) is 2.22. The van der Waals surface area contributed by atoms with E-state index in [-0.39, 0.29) is 11.3 Å². The van der Waals surface area contributed by atoms with Crippen LogP contribution in [0.2, 0.25) is 0 Å². The highest BCUT2D eigenvalue weighted by atomic mass is 19.4. The highest BCUT2D eigenvalue weighted by Crippen LogP contribution is 2.34. The average Bonchev–Trinajstić information content (AvgIpc) is 2.94. The summed E-state index contributed by atoms with van der Waals surface area (Å²) in [5, 5.41) is 3.24. The molecule has 22 heavy (non-hydrogen) atoms. The van der Waals surface area contributed by atoms with Gasteiger partial charge in [-0.2, -0.15) is 13.2 Å². The van der Waals surface area contributed by atoms with E-state index in [9.17, 15) is 18.0 Å². The molecule has 1 heterocycles. The predicted molar refractivity (Wildman–Crippen MR) is 77.7 cm³/mol. The smallest absolute Gasteiger partial charge is 0.361 e. The first-order chi connectivity index (χ1) is 10.4. The number of hydrogen-bond acceptors (Lipinski definition) is 1. The molecule has 1 amide bonds. The average molecular weight is 304 g/mol. The van der Waals surface area contributed by atoms with E-state index in [4.69, 9.17) is 0 Å². The number of nitrogens with one attached hydrogen (secondary N) is 2. The van der Waals surface area contributed by atoms with E-state index in [0.29, 0.717) is 0 Å². The van der Waals surface area contributed by atoms with E-state index in [1.165, 1.54) is 18.2 Å². The molecule has 0 aliphatic carbocycles. The lowest BCUT2D eigenvalue weighted by Crippen LogP contribution is -2.16. The van der Waals surface area contributed by atoms with Crippen LogP contribution in [0.25, 0.3) is 10.9 Å². The Labute approximate surface area is 123 Å². The zero-order valence-electron chi connectivity index (χ0n) is 11.2.